The minimum absolute atomic E-state index is 0.116. The lowest BCUT2D eigenvalue weighted by atomic mass is 9.92. The number of hydrogen-bond acceptors (Lipinski definition) is 2. The van der Waals surface area contributed by atoms with Crippen LogP contribution in [0.3, 0.4) is 0 Å². The van der Waals surface area contributed by atoms with Crippen molar-refractivity contribution >= 4 is 5.97 Å². The normalized spacial score (nSPS) is 16.1. The Balaban J connectivity index is 2.54. The van der Waals surface area contributed by atoms with E-state index in [2.05, 4.69) is 0 Å². The molecule has 0 radical (unpaired) electrons. The quantitative estimate of drug-likeness (QED) is 0.778. The number of fused-ring (bicyclic) bond motifs is 1. The van der Waals surface area contributed by atoms with Gasteiger partial charge in [-0.25, -0.2) is 0 Å². The molecule has 0 bridgehead atoms. The van der Waals surface area contributed by atoms with Crippen molar-refractivity contribution in [3.05, 3.63) is 28.8 Å². The van der Waals surface area contributed by atoms with E-state index in [4.69, 9.17) is 5.11 Å². The number of aromatic hydroxyl groups is 1. The zero-order valence-electron chi connectivity index (χ0n) is 8.66. The lowest BCUT2D eigenvalue weighted by Crippen LogP contribution is -2.10. The SMILES string of the molecule is CC(C(=O)O)c1c(O)ccc2c1CCC2. The van der Waals surface area contributed by atoms with Crippen molar-refractivity contribution in [2.75, 3.05) is 0 Å². The molecule has 1 aliphatic rings. The molecule has 1 aliphatic carbocycles. The molecule has 0 saturated heterocycles. The van der Waals surface area contributed by atoms with E-state index < -0.39 is 11.9 Å². The molecular formula is C12H14O3. The second-order valence-corrected chi connectivity index (χ2v) is 4.05. The van der Waals surface area contributed by atoms with Gasteiger partial charge in [-0.3, -0.25) is 4.79 Å². The minimum Gasteiger partial charge on any atom is -0.508 e. The van der Waals surface area contributed by atoms with Crippen LogP contribution in [0.5, 0.6) is 5.75 Å². The molecule has 15 heavy (non-hydrogen) atoms. The predicted molar refractivity (Wildman–Crippen MR) is 56.2 cm³/mol. The van der Waals surface area contributed by atoms with Crippen LogP contribution in [0.1, 0.15) is 36.0 Å². The van der Waals surface area contributed by atoms with Crippen molar-refractivity contribution in [2.24, 2.45) is 0 Å². The van der Waals surface area contributed by atoms with E-state index in [1.165, 1.54) is 5.56 Å². The summed E-state index contributed by atoms with van der Waals surface area (Å²) in [6, 6.07) is 3.51. The topological polar surface area (TPSA) is 57.5 Å². The van der Waals surface area contributed by atoms with Crippen LogP contribution in [0.25, 0.3) is 0 Å². The minimum atomic E-state index is -0.884. The van der Waals surface area contributed by atoms with Crippen LogP contribution in [0.2, 0.25) is 0 Å². The van der Waals surface area contributed by atoms with Crippen molar-refractivity contribution in [3.8, 4) is 5.75 Å². The van der Waals surface area contributed by atoms with Crippen molar-refractivity contribution < 1.29 is 15.0 Å². The Morgan fingerprint density at radius 1 is 1.40 bits per heavy atom. The van der Waals surface area contributed by atoms with Gasteiger partial charge in [-0.1, -0.05) is 6.07 Å². The predicted octanol–water partition coefficient (Wildman–Crippen LogP) is 2.07. The van der Waals surface area contributed by atoms with Crippen LogP contribution in [-0.2, 0) is 17.6 Å². The standard InChI is InChI=1S/C12H14O3/c1-7(12(14)15)11-9-4-2-3-8(9)5-6-10(11)13/h5-7,13H,2-4H2,1H3,(H,14,15). The summed E-state index contributed by atoms with van der Waals surface area (Å²) in [4.78, 5) is 10.9. The molecule has 0 aromatic heterocycles. The van der Waals surface area contributed by atoms with Gasteiger partial charge in [0.05, 0.1) is 5.92 Å². The van der Waals surface area contributed by atoms with Gasteiger partial charge in [0.1, 0.15) is 5.75 Å². The van der Waals surface area contributed by atoms with Gasteiger partial charge in [-0.15, -0.1) is 0 Å². The van der Waals surface area contributed by atoms with Crippen LogP contribution in [0, 0.1) is 0 Å². The lowest BCUT2D eigenvalue weighted by Gasteiger charge is -2.14. The molecule has 2 N–H and O–H groups in total. The summed E-state index contributed by atoms with van der Waals surface area (Å²) in [5.74, 6) is -1.39. The Labute approximate surface area is 88.4 Å². The van der Waals surface area contributed by atoms with Crippen molar-refractivity contribution in [1.29, 1.82) is 0 Å². The third-order valence-electron chi connectivity index (χ3n) is 3.11. The van der Waals surface area contributed by atoms with E-state index in [-0.39, 0.29) is 5.75 Å². The second-order valence-electron chi connectivity index (χ2n) is 4.05. The maximum absolute atomic E-state index is 10.9. The highest BCUT2D eigenvalue weighted by atomic mass is 16.4. The van der Waals surface area contributed by atoms with Gasteiger partial charge in [0, 0.05) is 5.56 Å². The van der Waals surface area contributed by atoms with Gasteiger partial charge in [-0.2, -0.15) is 0 Å². The highest BCUT2D eigenvalue weighted by Crippen LogP contribution is 2.36. The van der Waals surface area contributed by atoms with Crippen LogP contribution in [-0.4, -0.2) is 16.2 Å². The average Bonchev–Trinajstić information content (AvgIpc) is 2.64. The van der Waals surface area contributed by atoms with Crippen molar-refractivity contribution in [3.63, 3.8) is 0 Å². The molecular weight excluding hydrogens is 192 g/mol. The first-order valence-electron chi connectivity index (χ1n) is 5.17. The van der Waals surface area contributed by atoms with Crippen LogP contribution < -0.4 is 0 Å². The molecule has 3 nitrogen and oxygen atoms in total. The third kappa shape index (κ3) is 1.58. The lowest BCUT2D eigenvalue weighted by molar-refractivity contribution is -0.138. The smallest absolute Gasteiger partial charge is 0.310 e. The molecule has 0 heterocycles. The molecule has 0 saturated carbocycles. The number of carboxylic acid groups (broad SMARTS) is 1. The van der Waals surface area contributed by atoms with E-state index in [1.54, 1.807) is 13.0 Å². The van der Waals surface area contributed by atoms with E-state index in [1.807, 2.05) is 6.07 Å². The average molecular weight is 206 g/mol. The number of phenolic OH excluding ortho intramolecular Hbond substituents is 1. The number of phenols is 1. The molecule has 0 spiro atoms. The summed E-state index contributed by atoms with van der Waals surface area (Å²) >= 11 is 0. The Morgan fingerprint density at radius 2 is 2.13 bits per heavy atom. The summed E-state index contributed by atoms with van der Waals surface area (Å²) in [5, 5.41) is 18.7. The maximum Gasteiger partial charge on any atom is 0.310 e. The molecule has 1 atom stereocenters. The molecule has 2 rings (SSSR count). The maximum atomic E-state index is 10.9. The molecule has 1 unspecified atom stereocenters. The van der Waals surface area contributed by atoms with Gasteiger partial charge in [-0.05, 0) is 43.4 Å². The van der Waals surface area contributed by atoms with Crippen LogP contribution in [0.4, 0.5) is 0 Å². The zero-order chi connectivity index (χ0) is 11.0. The molecule has 0 aliphatic heterocycles. The Kier molecular flexibility index (Phi) is 2.39. The molecule has 3 heteroatoms. The highest BCUT2D eigenvalue weighted by Gasteiger charge is 2.25. The first kappa shape index (κ1) is 10.0. The van der Waals surface area contributed by atoms with Gasteiger partial charge in [0.25, 0.3) is 0 Å². The number of rotatable bonds is 2. The van der Waals surface area contributed by atoms with E-state index in [9.17, 15) is 9.90 Å². The third-order valence-corrected chi connectivity index (χ3v) is 3.11. The molecule has 80 valence electrons. The molecule has 0 fully saturated rings. The molecule has 1 aromatic rings. The number of carbonyl (C=O) groups is 1. The number of carboxylic acids is 1. The Morgan fingerprint density at radius 3 is 2.80 bits per heavy atom. The van der Waals surface area contributed by atoms with Crippen molar-refractivity contribution in [2.45, 2.75) is 32.1 Å². The van der Waals surface area contributed by atoms with Crippen LogP contribution >= 0.6 is 0 Å². The van der Waals surface area contributed by atoms with Gasteiger partial charge in [0.2, 0.25) is 0 Å². The summed E-state index contributed by atoms with van der Waals surface area (Å²) in [6.45, 7) is 1.62. The Bertz CT molecular complexity index is 410. The first-order valence-corrected chi connectivity index (χ1v) is 5.17. The summed E-state index contributed by atoms with van der Waals surface area (Å²) in [7, 11) is 0. The van der Waals surface area contributed by atoms with E-state index in [0.717, 1.165) is 24.8 Å². The number of aliphatic carboxylic acids is 1. The second kappa shape index (κ2) is 3.57. The van der Waals surface area contributed by atoms with Gasteiger partial charge >= 0.3 is 5.97 Å². The van der Waals surface area contributed by atoms with Crippen molar-refractivity contribution in [1.82, 2.24) is 0 Å². The summed E-state index contributed by atoms with van der Waals surface area (Å²) in [6.07, 6.45) is 2.93. The fourth-order valence-electron chi connectivity index (χ4n) is 2.29. The summed E-state index contributed by atoms with van der Waals surface area (Å²) in [5.41, 5.74) is 2.85. The molecule has 1 aromatic carbocycles. The van der Waals surface area contributed by atoms with E-state index in [0.29, 0.717) is 5.56 Å². The first-order chi connectivity index (χ1) is 7.11. The fourth-order valence-corrected chi connectivity index (χ4v) is 2.29. The Hall–Kier alpha value is -1.51. The largest absolute Gasteiger partial charge is 0.508 e. The number of benzene rings is 1. The zero-order valence-corrected chi connectivity index (χ0v) is 8.66. The summed E-state index contributed by atoms with van der Waals surface area (Å²) < 4.78 is 0. The van der Waals surface area contributed by atoms with Crippen LogP contribution in [0.15, 0.2) is 12.1 Å². The fraction of sp³-hybridized carbons (Fsp3) is 0.417. The van der Waals surface area contributed by atoms with Gasteiger partial charge in [0.15, 0.2) is 0 Å². The van der Waals surface area contributed by atoms with E-state index >= 15 is 0 Å². The number of hydrogen-bond donors (Lipinski definition) is 2. The highest BCUT2D eigenvalue weighted by molar-refractivity contribution is 5.77. The monoisotopic (exact) mass is 206 g/mol. The number of aryl methyl sites for hydroxylation is 1. The van der Waals surface area contributed by atoms with Gasteiger partial charge < -0.3 is 10.2 Å². The molecule has 0 amide bonds.